The van der Waals surface area contributed by atoms with Gasteiger partial charge in [0.1, 0.15) is 0 Å². The maximum Gasteiger partial charge on any atom is 0.471 e. The minimum atomic E-state index is -4.63. The van der Waals surface area contributed by atoms with Crippen molar-refractivity contribution in [3.8, 4) is 0 Å². The Morgan fingerprint density at radius 3 is 2.38 bits per heavy atom. The van der Waals surface area contributed by atoms with Gasteiger partial charge in [0.2, 0.25) is 0 Å². The predicted molar refractivity (Wildman–Crippen MR) is 45.2 cm³/mol. The zero-order chi connectivity index (χ0) is 11.8. The first-order valence-corrected chi connectivity index (χ1v) is 4.70. The first kappa shape index (κ1) is 11.3. The van der Waals surface area contributed by atoms with Crippen LogP contribution in [0.4, 0.5) is 13.2 Å². The molecule has 2 N–H and O–H groups in total. The molecule has 0 spiro atoms. The molecule has 1 aromatic rings. The molecule has 1 aromatic heterocycles. The number of alkyl halides is 3. The smallest absolute Gasteiger partial charge is 0.381 e. The minimum Gasteiger partial charge on any atom is -0.381 e. The number of nitrogens with two attached hydrogens (primary N) is 1. The van der Waals surface area contributed by atoms with E-state index in [9.17, 15) is 13.2 Å². The summed E-state index contributed by atoms with van der Waals surface area (Å²) in [4.78, 5) is 3.29. The highest BCUT2D eigenvalue weighted by Gasteiger charge is 2.42. The fraction of sp³-hybridized carbons (Fsp3) is 0.750. The fourth-order valence-corrected chi connectivity index (χ4v) is 1.50. The van der Waals surface area contributed by atoms with Gasteiger partial charge in [-0.25, -0.2) is 0 Å². The van der Waals surface area contributed by atoms with E-state index in [1.54, 1.807) is 0 Å². The standard InChI is InChI=1S/C8H10F3N3O2/c9-8(10,11)6-13-5(14-16-6)7(12)1-3-15-4-2-7/h1-4,12H2. The van der Waals surface area contributed by atoms with Crippen LogP contribution in [0.1, 0.15) is 24.6 Å². The van der Waals surface area contributed by atoms with Crippen LogP contribution in [0.15, 0.2) is 4.52 Å². The third kappa shape index (κ3) is 2.03. The van der Waals surface area contributed by atoms with Crippen LogP contribution in [0.2, 0.25) is 0 Å². The van der Waals surface area contributed by atoms with Crippen LogP contribution in [0, 0.1) is 0 Å². The number of ether oxygens (including phenoxy) is 1. The van der Waals surface area contributed by atoms with Crippen molar-refractivity contribution < 1.29 is 22.4 Å². The van der Waals surface area contributed by atoms with Crippen LogP contribution < -0.4 is 5.73 Å². The lowest BCUT2D eigenvalue weighted by Gasteiger charge is -2.29. The fourth-order valence-electron chi connectivity index (χ4n) is 1.50. The summed E-state index contributed by atoms with van der Waals surface area (Å²) in [6.45, 7) is 0.763. The monoisotopic (exact) mass is 237 g/mol. The largest absolute Gasteiger partial charge is 0.471 e. The third-order valence-electron chi connectivity index (χ3n) is 2.50. The lowest BCUT2D eigenvalue weighted by atomic mass is 9.91. The summed E-state index contributed by atoms with van der Waals surface area (Å²) in [5, 5.41) is 3.29. The second-order valence-corrected chi connectivity index (χ2v) is 3.69. The number of hydrogen-bond acceptors (Lipinski definition) is 5. The molecule has 1 aliphatic rings. The molecule has 0 atom stereocenters. The first-order chi connectivity index (χ1) is 7.42. The zero-order valence-electron chi connectivity index (χ0n) is 8.25. The number of hydrogen-bond donors (Lipinski definition) is 1. The number of halogens is 3. The first-order valence-electron chi connectivity index (χ1n) is 4.70. The van der Waals surface area contributed by atoms with E-state index in [2.05, 4.69) is 14.7 Å². The van der Waals surface area contributed by atoms with Crippen molar-refractivity contribution in [1.29, 1.82) is 0 Å². The van der Waals surface area contributed by atoms with Crippen LogP contribution in [-0.4, -0.2) is 23.4 Å². The maximum atomic E-state index is 12.2. The number of rotatable bonds is 1. The summed E-state index contributed by atoms with van der Waals surface area (Å²) in [6.07, 6.45) is -3.87. The van der Waals surface area contributed by atoms with Crippen molar-refractivity contribution in [3.63, 3.8) is 0 Å². The van der Waals surface area contributed by atoms with Gasteiger partial charge < -0.3 is 15.0 Å². The van der Waals surface area contributed by atoms with Gasteiger partial charge in [-0.2, -0.15) is 18.2 Å². The van der Waals surface area contributed by atoms with Gasteiger partial charge in [0.05, 0.1) is 5.54 Å². The Hall–Kier alpha value is -1.15. The summed E-state index contributed by atoms with van der Waals surface area (Å²) in [5.74, 6) is -1.47. The minimum absolute atomic E-state index is 0.108. The molecule has 0 bridgehead atoms. The zero-order valence-corrected chi connectivity index (χ0v) is 8.25. The van der Waals surface area contributed by atoms with Crippen molar-refractivity contribution in [2.24, 2.45) is 5.73 Å². The molecule has 0 aromatic carbocycles. The maximum absolute atomic E-state index is 12.2. The lowest BCUT2D eigenvalue weighted by molar-refractivity contribution is -0.159. The predicted octanol–water partition coefficient (Wildman–Crippen LogP) is 1.05. The van der Waals surface area contributed by atoms with E-state index < -0.39 is 17.6 Å². The quantitative estimate of drug-likeness (QED) is 0.790. The van der Waals surface area contributed by atoms with Crippen molar-refractivity contribution in [3.05, 3.63) is 11.7 Å². The van der Waals surface area contributed by atoms with E-state index in [0.29, 0.717) is 26.1 Å². The molecule has 8 heteroatoms. The Morgan fingerprint density at radius 1 is 1.25 bits per heavy atom. The number of aromatic nitrogens is 2. The molecule has 90 valence electrons. The molecule has 5 nitrogen and oxygen atoms in total. The molecule has 0 saturated carbocycles. The van der Waals surface area contributed by atoms with E-state index >= 15 is 0 Å². The van der Waals surface area contributed by atoms with E-state index in [4.69, 9.17) is 10.5 Å². The van der Waals surface area contributed by atoms with Crippen molar-refractivity contribution in [2.45, 2.75) is 24.6 Å². The molecule has 0 radical (unpaired) electrons. The summed E-state index contributed by atoms with van der Waals surface area (Å²) in [5.41, 5.74) is 4.92. The van der Waals surface area contributed by atoms with Crippen molar-refractivity contribution in [2.75, 3.05) is 13.2 Å². The Kier molecular flexibility index (Phi) is 2.62. The molecule has 0 unspecified atom stereocenters. The van der Waals surface area contributed by atoms with E-state index in [-0.39, 0.29) is 5.82 Å². The lowest BCUT2D eigenvalue weighted by Crippen LogP contribution is -2.43. The molecular weight excluding hydrogens is 227 g/mol. The van der Waals surface area contributed by atoms with Crippen LogP contribution >= 0.6 is 0 Å². The molecule has 2 rings (SSSR count). The SMILES string of the molecule is NC1(c2noc(C(F)(F)F)n2)CCOCC1. The second-order valence-electron chi connectivity index (χ2n) is 3.69. The van der Waals surface area contributed by atoms with E-state index in [1.807, 2.05) is 0 Å². The van der Waals surface area contributed by atoms with Gasteiger partial charge in [0.15, 0.2) is 5.82 Å². The molecular formula is C8H10F3N3O2. The average molecular weight is 237 g/mol. The molecule has 1 fully saturated rings. The Morgan fingerprint density at radius 2 is 1.88 bits per heavy atom. The van der Waals surface area contributed by atoms with Gasteiger partial charge >= 0.3 is 12.1 Å². The van der Waals surface area contributed by atoms with Crippen molar-refractivity contribution in [1.82, 2.24) is 10.1 Å². The topological polar surface area (TPSA) is 74.2 Å². The normalized spacial score (nSPS) is 21.0. The summed E-state index contributed by atoms with van der Waals surface area (Å²) in [7, 11) is 0. The molecule has 1 saturated heterocycles. The van der Waals surface area contributed by atoms with Gasteiger partial charge in [-0.05, 0) is 12.8 Å². The summed E-state index contributed by atoms with van der Waals surface area (Å²) in [6, 6.07) is 0. The van der Waals surface area contributed by atoms with Gasteiger partial charge in [0, 0.05) is 13.2 Å². The van der Waals surface area contributed by atoms with Gasteiger partial charge in [-0.15, -0.1) is 0 Å². The van der Waals surface area contributed by atoms with Gasteiger partial charge in [0.25, 0.3) is 0 Å². The van der Waals surface area contributed by atoms with Crippen LogP contribution in [0.5, 0.6) is 0 Å². The highest BCUT2D eigenvalue weighted by atomic mass is 19.4. The summed E-state index contributed by atoms with van der Waals surface area (Å²) >= 11 is 0. The van der Waals surface area contributed by atoms with E-state index in [0.717, 1.165) is 0 Å². The third-order valence-corrected chi connectivity index (χ3v) is 2.50. The Balaban J connectivity index is 2.24. The van der Waals surface area contributed by atoms with Gasteiger partial charge in [-0.3, -0.25) is 0 Å². The second kappa shape index (κ2) is 3.70. The highest BCUT2D eigenvalue weighted by Crippen LogP contribution is 2.31. The van der Waals surface area contributed by atoms with Crippen LogP contribution in [0.25, 0.3) is 0 Å². The number of nitrogens with zero attached hydrogens (tertiary/aromatic N) is 2. The molecule has 0 aliphatic carbocycles. The summed E-state index contributed by atoms with van der Waals surface area (Å²) < 4.78 is 45.9. The molecule has 0 amide bonds. The van der Waals surface area contributed by atoms with Crippen LogP contribution in [-0.2, 0) is 16.5 Å². The molecule has 1 aliphatic heterocycles. The molecule has 16 heavy (non-hydrogen) atoms. The van der Waals surface area contributed by atoms with E-state index in [1.165, 1.54) is 0 Å². The van der Waals surface area contributed by atoms with Crippen molar-refractivity contribution >= 4 is 0 Å². The Bertz CT molecular complexity index is 371. The van der Waals surface area contributed by atoms with Crippen LogP contribution in [0.3, 0.4) is 0 Å². The average Bonchev–Trinajstić information content (AvgIpc) is 2.67. The highest BCUT2D eigenvalue weighted by molar-refractivity contribution is 5.05. The van der Waals surface area contributed by atoms with Gasteiger partial charge in [-0.1, -0.05) is 5.16 Å². The Labute approximate surface area is 88.8 Å². The molecule has 2 heterocycles.